The zero-order valence-electron chi connectivity index (χ0n) is 17.5. The number of rotatable bonds is 7. The number of aliphatic hydroxyl groups excluding tert-OH is 1. The molecule has 3 nitrogen and oxygen atoms in total. The van der Waals surface area contributed by atoms with Crippen LogP contribution in [-0.2, 0) is 0 Å². The molecule has 0 amide bonds. The Morgan fingerprint density at radius 2 is 2.25 bits per heavy atom. The number of aliphatic hydroxyl groups is 1. The number of Topliss-reactive ketones (excluding diaryl/α,β-unsaturated/α-hetero) is 1. The predicted octanol–water partition coefficient (Wildman–Crippen LogP) is 2.43. The molecule has 1 rings (SSSR count). The van der Waals surface area contributed by atoms with Crippen LogP contribution in [0.5, 0.6) is 5.75 Å². The summed E-state index contributed by atoms with van der Waals surface area (Å²) in [6, 6.07) is 4.89. The Bertz CT molecular complexity index is 608. The highest BCUT2D eigenvalue weighted by atomic mass is 16.5. The maximum Gasteiger partial charge on any atom is 0.165 e. The molecule has 0 saturated heterocycles. The Labute approximate surface area is 109 Å². The Morgan fingerprint density at radius 3 is 2.88 bits per heavy atom. The summed E-state index contributed by atoms with van der Waals surface area (Å²) in [7, 11) is 0. The average Bonchev–Trinajstić information content (AvgIpc) is 2.46. The van der Waals surface area contributed by atoms with Gasteiger partial charge in [0, 0.05) is 21.6 Å². The van der Waals surface area contributed by atoms with Gasteiger partial charge in [-0.05, 0) is 30.6 Å². The Kier molecular flexibility index (Phi) is 2.14. The van der Waals surface area contributed by atoms with Gasteiger partial charge in [-0.25, -0.2) is 0 Å². The quantitative estimate of drug-likeness (QED) is 0.733. The number of ketones is 1. The molecule has 0 unspecified atom stereocenters. The maximum atomic E-state index is 11.6. The van der Waals surface area contributed by atoms with Crippen LogP contribution in [0.25, 0.3) is 0 Å². The van der Waals surface area contributed by atoms with Gasteiger partial charge in [0.05, 0.1) is 15.9 Å². The summed E-state index contributed by atoms with van der Waals surface area (Å²) in [4.78, 5) is 11.6. The second kappa shape index (κ2) is 7.01. The molecule has 1 aromatic rings. The molecule has 88 valence electrons. The predicted molar refractivity (Wildman–Crippen MR) is 62.9 cm³/mol. The van der Waals surface area contributed by atoms with E-state index in [1.807, 2.05) is 0 Å². The number of carbonyl (C=O) groups excluding carboxylic acids is 1. The van der Waals surface area contributed by atoms with E-state index in [9.17, 15) is 4.79 Å². The van der Waals surface area contributed by atoms with E-state index >= 15 is 0 Å². The van der Waals surface area contributed by atoms with Gasteiger partial charge in [-0.2, -0.15) is 0 Å². The highest BCUT2D eigenvalue weighted by Gasteiger charge is 2.04. The first-order chi connectivity index (χ1) is 11.2. The molecular weight excluding hydrogens is 204 g/mol. The van der Waals surface area contributed by atoms with Gasteiger partial charge in [-0.3, -0.25) is 4.79 Å². The van der Waals surface area contributed by atoms with Crippen molar-refractivity contribution in [3.8, 4) is 5.75 Å². The van der Waals surface area contributed by atoms with E-state index in [2.05, 4.69) is 0 Å². The van der Waals surface area contributed by atoms with E-state index in [0.717, 1.165) is 0 Å². The summed E-state index contributed by atoms with van der Waals surface area (Å²) >= 11 is 0. The Hall–Kier alpha value is -1.35. The van der Waals surface area contributed by atoms with Crippen LogP contribution < -0.4 is 4.74 Å². The summed E-state index contributed by atoms with van der Waals surface area (Å²) in [5.74, 6) is -0.568. The van der Waals surface area contributed by atoms with Crippen molar-refractivity contribution in [2.45, 2.75) is 26.0 Å². The zero-order valence-corrected chi connectivity index (χ0v) is 8.49. The molecule has 0 radical (unpaired) electrons. The molecule has 0 spiro atoms. The molecule has 0 aliphatic heterocycles. The van der Waals surface area contributed by atoms with E-state index in [-0.39, 0.29) is 30.1 Å². The van der Waals surface area contributed by atoms with Crippen LogP contribution in [0.2, 0.25) is 0 Å². The lowest BCUT2D eigenvalue weighted by Gasteiger charge is -2.05. The lowest BCUT2D eigenvalue weighted by atomic mass is 10.1. The van der Waals surface area contributed by atoms with Crippen molar-refractivity contribution in [3.63, 3.8) is 0 Å². The van der Waals surface area contributed by atoms with Crippen molar-refractivity contribution >= 4 is 5.78 Å². The van der Waals surface area contributed by atoms with E-state index in [4.69, 9.17) is 22.2 Å². The first kappa shape index (κ1) is 4.88. The van der Waals surface area contributed by atoms with E-state index < -0.39 is 26.2 Å². The molecule has 0 saturated carbocycles. The van der Waals surface area contributed by atoms with Crippen molar-refractivity contribution in [1.82, 2.24) is 0 Å². The van der Waals surface area contributed by atoms with Crippen molar-refractivity contribution < 1.29 is 27.0 Å². The minimum atomic E-state index is -3.51. The molecule has 1 N–H and O–H groups in total. The number of hydrogen-bond acceptors (Lipinski definition) is 3. The number of carbonyl (C=O) groups is 1. The van der Waals surface area contributed by atoms with Crippen LogP contribution in [0.1, 0.15) is 48.7 Å². The number of hydrogen-bond donors (Lipinski definition) is 1. The van der Waals surface area contributed by atoms with Crippen molar-refractivity contribution in [2.75, 3.05) is 13.2 Å². The van der Waals surface area contributed by atoms with Crippen molar-refractivity contribution in [1.29, 1.82) is 0 Å². The summed E-state index contributed by atoms with van der Waals surface area (Å²) in [6.45, 7) is -7.04. The topological polar surface area (TPSA) is 46.5 Å². The average molecular weight is 231 g/mol. The third-order valence-electron chi connectivity index (χ3n) is 1.80. The van der Waals surface area contributed by atoms with Gasteiger partial charge in [0.15, 0.2) is 5.78 Å². The second-order valence-corrected chi connectivity index (χ2v) is 2.88. The molecular formula is C13H18O3. The van der Waals surface area contributed by atoms with Crippen molar-refractivity contribution in [2.24, 2.45) is 0 Å². The number of benzene rings is 1. The lowest BCUT2D eigenvalue weighted by Crippen LogP contribution is -2.02. The van der Waals surface area contributed by atoms with E-state index in [1.165, 1.54) is 24.3 Å². The molecule has 3 heteroatoms. The molecule has 0 atom stereocenters. The minimum Gasteiger partial charge on any atom is -0.494 e. The van der Waals surface area contributed by atoms with Crippen LogP contribution in [-0.4, -0.2) is 24.1 Å². The van der Waals surface area contributed by atoms with Gasteiger partial charge < -0.3 is 9.84 Å². The van der Waals surface area contributed by atoms with Crippen LogP contribution in [0.15, 0.2) is 24.3 Å². The molecule has 0 aliphatic rings. The van der Waals surface area contributed by atoms with Gasteiger partial charge in [-0.1, -0.05) is 13.2 Å². The van der Waals surface area contributed by atoms with Crippen LogP contribution in [0.4, 0.5) is 0 Å². The van der Waals surface area contributed by atoms with Gasteiger partial charge >= 0.3 is 0 Å². The third-order valence-corrected chi connectivity index (χ3v) is 1.80. The fraction of sp³-hybridized carbons (Fsp3) is 0.462. The lowest BCUT2D eigenvalue weighted by molar-refractivity contribution is 0.0956. The smallest absolute Gasteiger partial charge is 0.165 e. The molecule has 0 aromatic heterocycles. The first-order valence-corrected chi connectivity index (χ1v) is 4.60. The summed E-state index contributed by atoms with van der Waals surface area (Å²) in [5.41, 5.74) is 0.225. The van der Waals surface area contributed by atoms with Gasteiger partial charge in [0.25, 0.3) is 0 Å². The zero-order chi connectivity index (χ0) is 19.7. The van der Waals surface area contributed by atoms with Crippen LogP contribution >= 0.6 is 0 Å². The van der Waals surface area contributed by atoms with E-state index in [1.54, 1.807) is 0 Å². The monoisotopic (exact) mass is 231 g/mol. The normalized spacial score (nSPS) is 21.9. The van der Waals surface area contributed by atoms with Gasteiger partial charge in [0.1, 0.15) is 5.75 Å². The second-order valence-electron chi connectivity index (χ2n) is 2.88. The molecule has 16 heavy (non-hydrogen) atoms. The summed E-state index contributed by atoms with van der Waals surface area (Å²) < 4.78 is 71.8. The number of ether oxygens (including phenoxy) is 1. The Morgan fingerprint density at radius 1 is 1.50 bits per heavy atom. The van der Waals surface area contributed by atoms with Crippen molar-refractivity contribution in [3.05, 3.63) is 29.8 Å². The molecule has 1 aromatic carbocycles. The van der Waals surface area contributed by atoms with Gasteiger partial charge in [-0.15, -0.1) is 0 Å². The fourth-order valence-corrected chi connectivity index (χ4v) is 1.06. The standard InChI is InChI=1S/C13H18O3/c1-2-3-10-16-12-6-4-11(5-7-12)13(15)8-9-14/h4-7,14H,2-3,8-10H2,1H3/i1D3,2D2,3D2,10D2. The molecule has 0 fully saturated rings. The fourth-order valence-electron chi connectivity index (χ4n) is 1.06. The van der Waals surface area contributed by atoms with Crippen LogP contribution in [0, 0.1) is 0 Å². The Balaban J connectivity index is 3.06. The molecule has 0 bridgehead atoms. The highest BCUT2D eigenvalue weighted by Crippen LogP contribution is 2.13. The highest BCUT2D eigenvalue weighted by molar-refractivity contribution is 5.96. The molecule has 0 aliphatic carbocycles. The maximum absolute atomic E-state index is 11.6. The SMILES string of the molecule is [2H]C([2H])([2H])C([2H])([2H])C([2H])([2H])C([2H])([2H])Oc1ccc(C(=O)CCO)cc1. The minimum absolute atomic E-state index is 0.0949. The largest absolute Gasteiger partial charge is 0.494 e. The van der Waals surface area contributed by atoms with Gasteiger partial charge in [0.2, 0.25) is 0 Å². The third kappa shape index (κ3) is 4.03. The van der Waals surface area contributed by atoms with E-state index in [0.29, 0.717) is 0 Å². The molecule has 0 heterocycles. The summed E-state index contributed by atoms with van der Waals surface area (Å²) in [6.07, 6.45) is -7.11. The van der Waals surface area contributed by atoms with Crippen LogP contribution in [0.3, 0.4) is 0 Å². The first-order valence-electron chi connectivity index (χ1n) is 9.10. The summed E-state index contributed by atoms with van der Waals surface area (Å²) in [5, 5.41) is 8.72.